The van der Waals surface area contributed by atoms with E-state index in [9.17, 15) is 9.50 Å². The van der Waals surface area contributed by atoms with Crippen molar-refractivity contribution in [2.24, 2.45) is 0 Å². The van der Waals surface area contributed by atoms with Gasteiger partial charge in [0, 0.05) is 44.8 Å². The Bertz CT molecular complexity index is 1330. The molecule has 0 spiro atoms. The summed E-state index contributed by atoms with van der Waals surface area (Å²) in [6, 6.07) is 15.7. The summed E-state index contributed by atoms with van der Waals surface area (Å²) in [6.45, 7) is 5.30. The van der Waals surface area contributed by atoms with Crippen LogP contribution in [0.1, 0.15) is 11.1 Å². The zero-order valence-corrected chi connectivity index (χ0v) is 18.5. The van der Waals surface area contributed by atoms with Crippen LogP contribution >= 0.6 is 0 Å². The Morgan fingerprint density at radius 2 is 1.59 bits per heavy atom. The molecule has 34 heavy (non-hydrogen) atoms. The summed E-state index contributed by atoms with van der Waals surface area (Å²) in [4.78, 5) is 4.72. The summed E-state index contributed by atoms with van der Waals surface area (Å²) in [7, 11) is 0. The van der Waals surface area contributed by atoms with Gasteiger partial charge >= 0.3 is 0 Å². The SMILES string of the molecule is Oc1ccc2c(-c3ccc(F)cc3)noc2c1CN1CCN(Cc2ccc3c(c2)OCO3)CC1. The smallest absolute Gasteiger partial charge is 0.231 e. The Hall–Kier alpha value is -3.62. The van der Waals surface area contributed by atoms with Gasteiger partial charge in [-0.05, 0) is 54.1 Å². The maximum atomic E-state index is 13.3. The number of benzene rings is 3. The van der Waals surface area contributed by atoms with Crippen LogP contribution in [0.3, 0.4) is 0 Å². The molecule has 1 N–H and O–H groups in total. The molecule has 2 aliphatic rings. The second-order valence-electron chi connectivity index (χ2n) is 8.72. The number of rotatable bonds is 5. The van der Waals surface area contributed by atoms with Crippen LogP contribution in [0, 0.1) is 5.82 Å². The number of phenolic OH excluding ortho intramolecular Hbond substituents is 1. The van der Waals surface area contributed by atoms with Crippen molar-refractivity contribution >= 4 is 11.0 Å². The van der Waals surface area contributed by atoms with Gasteiger partial charge in [-0.15, -0.1) is 0 Å². The lowest BCUT2D eigenvalue weighted by atomic mass is 10.0. The van der Waals surface area contributed by atoms with Crippen molar-refractivity contribution in [1.29, 1.82) is 0 Å². The largest absolute Gasteiger partial charge is 0.507 e. The number of piperazine rings is 1. The van der Waals surface area contributed by atoms with Gasteiger partial charge in [0.15, 0.2) is 17.1 Å². The van der Waals surface area contributed by atoms with Crippen LogP contribution < -0.4 is 9.47 Å². The maximum Gasteiger partial charge on any atom is 0.231 e. The van der Waals surface area contributed by atoms with E-state index in [0.29, 0.717) is 17.8 Å². The van der Waals surface area contributed by atoms with Gasteiger partial charge in [0.05, 0.1) is 10.9 Å². The van der Waals surface area contributed by atoms with Crippen molar-refractivity contribution in [3.63, 3.8) is 0 Å². The van der Waals surface area contributed by atoms with E-state index in [4.69, 9.17) is 14.0 Å². The quantitative estimate of drug-likeness (QED) is 0.473. The van der Waals surface area contributed by atoms with Gasteiger partial charge in [0.2, 0.25) is 6.79 Å². The molecule has 1 fully saturated rings. The minimum Gasteiger partial charge on any atom is -0.507 e. The van der Waals surface area contributed by atoms with E-state index in [0.717, 1.165) is 60.7 Å². The fraction of sp³-hybridized carbons (Fsp3) is 0.269. The van der Waals surface area contributed by atoms with Crippen LogP contribution in [0.5, 0.6) is 17.2 Å². The third-order valence-electron chi connectivity index (χ3n) is 6.53. The summed E-state index contributed by atoms with van der Waals surface area (Å²) >= 11 is 0. The number of aromatic hydroxyl groups is 1. The molecule has 0 unspecified atom stereocenters. The molecule has 0 saturated carbocycles. The first kappa shape index (κ1) is 20.9. The Labute approximate surface area is 195 Å². The average Bonchev–Trinajstić information content (AvgIpc) is 3.49. The van der Waals surface area contributed by atoms with Crippen LogP contribution in [-0.4, -0.2) is 53.0 Å². The Morgan fingerprint density at radius 3 is 2.38 bits per heavy atom. The van der Waals surface area contributed by atoms with Crippen LogP contribution in [0.25, 0.3) is 22.2 Å². The van der Waals surface area contributed by atoms with Gasteiger partial charge in [0.25, 0.3) is 0 Å². The van der Waals surface area contributed by atoms with Crippen molar-refractivity contribution < 1.29 is 23.5 Å². The number of hydrogen-bond acceptors (Lipinski definition) is 7. The summed E-state index contributed by atoms with van der Waals surface area (Å²) in [6.07, 6.45) is 0. The number of hydrogen-bond donors (Lipinski definition) is 1. The molecule has 2 aliphatic heterocycles. The molecule has 7 nitrogen and oxygen atoms in total. The minimum absolute atomic E-state index is 0.192. The van der Waals surface area contributed by atoms with E-state index in [-0.39, 0.29) is 18.4 Å². The lowest BCUT2D eigenvalue weighted by molar-refractivity contribution is 0.121. The predicted molar refractivity (Wildman–Crippen MR) is 124 cm³/mol. The number of ether oxygens (including phenoxy) is 2. The molecule has 3 heterocycles. The normalized spacial score (nSPS) is 16.4. The van der Waals surface area contributed by atoms with Gasteiger partial charge in [-0.2, -0.15) is 0 Å². The highest BCUT2D eigenvalue weighted by Crippen LogP contribution is 2.35. The van der Waals surface area contributed by atoms with Crippen molar-refractivity contribution in [2.45, 2.75) is 13.1 Å². The number of fused-ring (bicyclic) bond motifs is 2. The van der Waals surface area contributed by atoms with Crippen molar-refractivity contribution in [3.8, 4) is 28.5 Å². The number of aromatic nitrogens is 1. The second kappa shape index (κ2) is 8.62. The molecule has 8 heteroatoms. The molecule has 0 bridgehead atoms. The highest BCUT2D eigenvalue weighted by Gasteiger charge is 2.23. The van der Waals surface area contributed by atoms with Crippen LogP contribution in [0.4, 0.5) is 4.39 Å². The van der Waals surface area contributed by atoms with Gasteiger partial charge in [0.1, 0.15) is 17.3 Å². The molecular weight excluding hydrogens is 437 g/mol. The van der Waals surface area contributed by atoms with Crippen LogP contribution in [0.15, 0.2) is 59.1 Å². The predicted octanol–water partition coefficient (Wildman–Crippen LogP) is 4.39. The lowest BCUT2D eigenvalue weighted by Gasteiger charge is -2.34. The molecule has 6 rings (SSSR count). The van der Waals surface area contributed by atoms with Crippen LogP contribution in [0.2, 0.25) is 0 Å². The standard InChI is InChI=1S/C26H24FN3O4/c27-19-4-2-18(3-5-19)25-20-6-7-22(31)21(26(20)34-28-25)15-30-11-9-29(10-12-30)14-17-1-8-23-24(13-17)33-16-32-23/h1-8,13,31H,9-12,14-16H2. The van der Waals surface area contributed by atoms with E-state index >= 15 is 0 Å². The molecule has 4 aromatic rings. The van der Waals surface area contributed by atoms with Crippen LogP contribution in [-0.2, 0) is 13.1 Å². The zero-order chi connectivity index (χ0) is 23.1. The lowest BCUT2D eigenvalue weighted by Crippen LogP contribution is -2.45. The van der Waals surface area contributed by atoms with Crippen molar-refractivity contribution in [1.82, 2.24) is 15.0 Å². The number of phenols is 1. The first-order chi connectivity index (χ1) is 16.6. The monoisotopic (exact) mass is 461 g/mol. The van der Waals surface area contributed by atoms with E-state index in [1.165, 1.54) is 17.7 Å². The molecule has 0 amide bonds. The zero-order valence-electron chi connectivity index (χ0n) is 18.5. The third-order valence-corrected chi connectivity index (χ3v) is 6.53. The third kappa shape index (κ3) is 3.95. The Balaban J connectivity index is 1.14. The topological polar surface area (TPSA) is 71.2 Å². The summed E-state index contributed by atoms with van der Waals surface area (Å²) in [5.74, 6) is 1.51. The molecule has 174 valence electrons. The van der Waals surface area contributed by atoms with Gasteiger partial charge < -0.3 is 19.1 Å². The van der Waals surface area contributed by atoms with E-state index in [2.05, 4.69) is 27.1 Å². The first-order valence-corrected chi connectivity index (χ1v) is 11.3. The highest BCUT2D eigenvalue weighted by molar-refractivity contribution is 5.94. The Morgan fingerprint density at radius 1 is 0.853 bits per heavy atom. The number of halogens is 1. The maximum absolute atomic E-state index is 13.3. The highest BCUT2D eigenvalue weighted by atomic mass is 19.1. The van der Waals surface area contributed by atoms with Gasteiger partial charge in [-0.3, -0.25) is 9.80 Å². The van der Waals surface area contributed by atoms with E-state index in [1.807, 2.05) is 6.07 Å². The first-order valence-electron chi connectivity index (χ1n) is 11.3. The fourth-order valence-electron chi connectivity index (χ4n) is 4.64. The fourth-order valence-corrected chi connectivity index (χ4v) is 4.64. The molecule has 0 radical (unpaired) electrons. The summed E-state index contributed by atoms with van der Waals surface area (Å²) in [5, 5.41) is 15.6. The molecule has 1 aromatic heterocycles. The van der Waals surface area contributed by atoms with E-state index in [1.54, 1.807) is 24.3 Å². The average molecular weight is 461 g/mol. The van der Waals surface area contributed by atoms with E-state index < -0.39 is 0 Å². The number of nitrogens with zero attached hydrogens (tertiary/aromatic N) is 3. The molecule has 0 atom stereocenters. The summed E-state index contributed by atoms with van der Waals surface area (Å²) < 4.78 is 29.9. The molecule has 0 aliphatic carbocycles. The summed E-state index contributed by atoms with van der Waals surface area (Å²) in [5.41, 5.74) is 3.92. The van der Waals surface area contributed by atoms with Crippen molar-refractivity contribution in [2.75, 3.05) is 33.0 Å². The molecule has 3 aromatic carbocycles. The minimum atomic E-state index is -0.299. The second-order valence-corrected chi connectivity index (χ2v) is 8.72. The molecular formula is C26H24FN3O4. The Kier molecular flexibility index (Phi) is 5.31. The molecule has 1 saturated heterocycles. The van der Waals surface area contributed by atoms with Crippen molar-refractivity contribution in [3.05, 3.63) is 71.5 Å². The van der Waals surface area contributed by atoms with Gasteiger partial charge in [-0.25, -0.2) is 4.39 Å². The van der Waals surface area contributed by atoms with Gasteiger partial charge in [-0.1, -0.05) is 11.2 Å².